The van der Waals surface area contributed by atoms with Crippen LogP contribution in [0.15, 0.2) is 0 Å². The molecule has 1 aliphatic heterocycles. The van der Waals surface area contributed by atoms with Crippen LogP contribution < -0.4 is 5.32 Å². The van der Waals surface area contributed by atoms with Crippen LogP contribution >= 0.6 is 0 Å². The summed E-state index contributed by atoms with van der Waals surface area (Å²) in [6.45, 7) is 15.7. The van der Waals surface area contributed by atoms with Gasteiger partial charge in [0.2, 0.25) is 0 Å². The Balaban J connectivity index is 1.53. The van der Waals surface area contributed by atoms with Crippen molar-refractivity contribution in [1.29, 1.82) is 0 Å². The van der Waals surface area contributed by atoms with Crippen LogP contribution in [0.4, 0.5) is 0 Å². The second-order valence-electron chi connectivity index (χ2n) is 6.62. The smallest absolute Gasteiger partial charge is 0.0110 e. The molecule has 2 aliphatic rings. The Hall–Kier alpha value is -0.120. The van der Waals surface area contributed by atoms with Gasteiger partial charge in [0, 0.05) is 51.9 Å². The van der Waals surface area contributed by atoms with Crippen LogP contribution in [0.2, 0.25) is 0 Å². The molecule has 1 atom stereocenters. The molecule has 1 heterocycles. The minimum Gasteiger partial charge on any atom is -0.313 e. The average molecular weight is 253 g/mol. The van der Waals surface area contributed by atoms with E-state index in [0.29, 0.717) is 0 Å². The molecule has 18 heavy (non-hydrogen) atoms. The minimum absolute atomic E-state index is 0.743. The molecular weight excluding hydrogens is 222 g/mol. The number of piperazine rings is 1. The highest BCUT2D eigenvalue weighted by Gasteiger charge is 2.27. The molecule has 0 amide bonds. The SMILES string of the molecule is CC(C)CN1CCN(CCNC(C)C2CC2)CC1. The molecule has 0 radical (unpaired) electrons. The predicted octanol–water partition coefficient (Wildman–Crippen LogP) is 1.65. The number of nitrogens with zero attached hydrogens (tertiary/aromatic N) is 2. The fourth-order valence-electron chi connectivity index (χ4n) is 2.93. The van der Waals surface area contributed by atoms with Crippen molar-refractivity contribution >= 4 is 0 Å². The van der Waals surface area contributed by atoms with Crippen LogP contribution in [0.1, 0.15) is 33.6 Å². The standard InChI is InChI=1S/C15H31N3/c1-13(2)12-18-10-8-17(9-11-18)7-6-16-14(3)15-4-5-15/h13-16H,4-12H2,1-3H3. The first-order chi connectivity index (χ1) is 8.65. The summed E-state index contributed by atoms with van der Waals surface area (Å²) in [5, 5.41) is 3.68. The maximum Gasteiger partial charge on any atom is 0.0110 e. The maximum atomic E-state index is 3.68. The molecule has 3 heteroatoms. The van der Waals surface area contributed by atoms with Crippen molar-refractivity contribution in [1.82, 2.24) is 15.1 Å². The molecule has 0 aromatic rings. The Morgan fingerprint density at radius 2 is 1.61 bits per heavy atom. The molecule has 106 valence electrons. The lowest BCUT2D eigenvalue weighted by atomic mass is 10.2. The molecule has 0 aromatic heterocycles. The number of rotatable bonds is 7. The zero-order chi connectivity index (χ0) is 13.0. The van der Waals surface area contributed by atoms with E-state index in [0.717, 1.165) is 17.9 Å². The lowest BCUT2D eigenvalue weighted by Crippen LogP contribution is -2.49. The van der Waals surface area contributed by atoms with Crippen LogP contribution in [-0.4, -0.2) is 61.7 Å². The van der Waals surface area contributed by atoms with Gasteiger partial charge < -0.3 is 10.2 Å². The molecule has 2 fully saturated rings. The highest BCUT2D eigenvalue weighted by atomic mass is 15.3. The number of nitrogens with one attached hydrogen (secondary N) is 1. The molecule has 1 aliphatic carbocycles. The molecule has 1 saturated carbocycles. The van der Waals surface area contributed by atoms with Gasteiger partial charge in [-0.05, 0) is 31.6 Å². The highest BCUT2D eigenvalue weighted by Crippen LogP contribution is 2.32. The third-order valence-electron chi connectivity index (χ3n) is 4.31. The maximum absolute atomic E-state index is 3.68. The van der Waals surface area contributed by atoms with Crippen molar-refractivity contribution in [2.24, 2.45) is 11.8 Å². The van der Waals surface area contributed by atoms with Gasteiger partial charge in [-0.15, -0.1) is 0 Å². The molecule has 0 aromatic carbocycles. The summed E-state index contributed by atoms with van der Waals surface area (Å²) in [5.74, 6) is 1.78. The predicted molar refractivity (Wildman–Crippen MR) is 77.9 cm³/mol. The van der Waals surface area contributed by atoms with E-state index in [1.54, 1.807) is 0 Å². The quantitative estimate of drug-likeness (QED) is 0.744. The summed E-state index contributed by atoms with van der Waals surface area (Å²) in [7, 11) is 0. The molecule has 0 bridgehead atoms. The molecule has 2 rings (SSSR count). The van der Waals surface area contributed by atoms with E-state index in [1.165, 1.54) is 58.7 Å². The van der Waals surface area contributed by atoms with Gasteiger partial charge in [-0.3, -0.25) is 4.90 Å². The van der Waals surface area contributed by atoms with E-state index in [-0.39, 0.29) is 0 Å². The topological polar surface area (TPSA) is 18.5 Å². The number of hydrogen-bond acceptors (Lipinski definition) is 3. The van der Waals surface area contributed by atoms with Gasteiger partial charge in [0.25, 0.3) is 0 Å². The van der Waals surface area contributed by atoms with E-state index in [1.807, 2.05) is 0 Å². The van der Waals surface area contributed by atoms with E-state index in [9.17, 15) is 0 Å². The third kappa shape index (κ3) is 4.87. The third-order valence-corrected chi connectivity index (χ3v) is 4.31. The molecular formula is C15H31N3. The Kier molecular flexibility index (Phi) is 5.46. The van der Waals surface area contributed by atoms with Crippen molar-refractivity contribution in [3.63, 3.8) is 0 Å². The Morgan fingerprint density at radius 1 is 1.00 bits per heavy atom. The van der Waals surface area contributed by atoms with Crippen LogP contribution in [0.25, 0.3) is 0 Å². The van der Waals surface area contributed by atoms with Crippen LogP contribution in [0.3, 0.4) is 0 Å². The molecule has 1 saturated heterocycles. The van der Waals surface area contributed by atoms with Crippen molar-refractivity contribution in [2.45, 2.75) is 39.7 Å². The average Bonchev–Trinajstić information content (AvgIpc) is 3.14. The van der Waals surface area contributed by atoms with Gasteiger partial charge in [0.1, 0.15) is 0 Å². The van der Waals surface area contributed by atoms with Crippen molar-refractivity contribution in [3.8, 4) is 0 Å². The van der Waals surface area contributed by atoms with Gasteiger partial charge in [-0.25, -0.2) is 0 Å². The summed E-state index contributed by atoms with van der Waals surface area (Å²) in [6, 6.07) is 0.743. The number of hydrogen-bond donors (Lipinski definition) is 1. The fourth-order valence-corrected chi connectivity index (χ4v) is 2.93. The first kappa shape index (κ1) is 14.3. The summed E-state index contributed by atoms with van der Waals surface area (Å²) < 4.78 is 0. The van der Waals surface area contributed by atoms with Gasteiger partial charge in [-0.2, -0.15) is 0 Å². The summed E-state index contributed by atoms with van der Waals surface area (Å²) in [6.07, 6.45) is 2.89. The molecule has 0 spiro atoms. The van der Waals surface area contributed by atoms with Crippen molar-refractivity contribution < 1.29 is 0 Å². The second-order valence-corrected chi connectivity index (χ2v) is 6.62. The van der Waals surface area contributed by atoms with E-state index >= 15 is 0 Å². The normalized spacial score (nSPS) is 24.7. The van der Waals surface area contributed by atoms with E-state index < -0.39 is 0 Å². The first-order valence-corrected chi connectivity index (χ1v) is 7.83. The van der Waals surface area contributed by atoms with Gasteiger partial charge >= 0.3 is 0 Å². The molecule has 3 nitrogen and oxygen atoms in total. The minimum atomic E-state index is 0.743. The van der Waals surface area contributed by atoms with Crippen molar-refractivity contribution in [3.05, 3.63) is 0 Å². The second kappa shape index (κ2) is 6.88. The lowest BCUT2D eigenvalue weighted by molar-refractivity contribution is 0.122. The summed E-state index contributed by atoms with van der Waals surface area (Å²) in [5.41, 5.74) is 0. The first-order valence-electron chi connectivity index (χ1n) is 7.83. The Bertz CT molecular complexity index is 230. The zero-order valence-electron chi connectivity index (χ0n) is 12.5. The molecule has 1 unspecified atom stereocenters. The summed E-state index contributed by atoms with van der Waals surface area (Å²) in [4.78, 5) is 5.23. The monoisotopic (exact) mass is 253 g/mol. The van der Waals surface area contributed by atoms with Gasteiger partial charge in [0.05, 0.1) is 0 Å². The van der Waals surface area contributed by atoms with Gasteiger partial charge in [-0.1, -0.05) is 13.8 Å². The van der Waals surface area contributed by atoms with Crippen LogP contribution in [0, 0.1) is 11.8 Å². The summed E-state index contributed by atoms with van der Waals surface area (Å²) >= 11 is 0. The fraction of sp³-hybridized carbons (Fsp3) is 1.00. The van der Waals surface area contributed by atoms with E-state index in [2.05, 4.69) is 35.9 Å². The Morgan fingerprint density at radius 3 is 2.17 bits per heavy atom. The Labute approximate surface area is 113 Å². The lowest BCUT2D eigenvalue weighted by Gasteiger charge is -2.35. The largest absolute Gasteiger partial charge is 0.313 e. The molecule has 1 N–H and O–H groups in total. The van der Waals surface area contributed by atoms with Crippen LogP contribution in [0.5, 0.6) is 0 Å². The van der Waals surface area contributed by atoms with Crippen molar-refractivity contribution in [2.75, 3.05) is 45.8 Å². The van der Waals surface area contributed by atoms with E-state index in [4.69, 9.17) is 0 Å². The highest BCUT2D eigenvalue weighted by molar-refractivity contribution is 4.83. The van der Waals surface area contributed by atoms with Crippen LogP contribution in [-0.2, 0) is 0 Å². The zero-order valence-corrected chi connectivity index (χ0v) is 12.5. The van der Waals surface area contributed by atoms with Gasteiger partial charge in [0.15, 0.2) is 0 Å².